The van der Waals surface area contributed by atoms with E-state index in [0.29, 0.717) is 32.1 Å². The van der Waals surface area contributed by atoms with Crippen molar-refractivity contribution in [3.8, 4) is 0 Å². The third-order valence-electron chi connectivity index (χ3n) is 5.79. The number of likely N-dealkylation sites (N-methyl/N-ethyl adjacent to an activating group) is 1. The number of carbonyl (C=O) groups is 2. The summed E-state index contributed by atoms with van der Waals surface area (Å²) < 4.78 is 0. The molecule has 2 saturated heterocycles. The van der Waals surface area contributed by atoms with Gasteiger partial charge in [0.05, 0.1) is 6.54 Å². The fraction of sp³-hybridized carbons (Fsp3) is 0.591. The van der Waals surface area contributed by atoms with E-state index in [1.165, 1.54) is 5.56 Å². The first kappa shape index (κ1) is 22.1. The summed E-state index contributed by atoms with van der Waals surface area (Å²) in [6, 6.07) is 8.72. The maximum atomic E-state index is 11.9. The lowest BCUT2D eigenvalue weighted by Crippen LogP contribution is -2.49. The minimum absolute atomic E-state index is 0.0650. The summed E-state index contributed by atoms with van der Waals surface area (Å²) in [7, 11) is 3.46. The number of carbonyl (C=O) groups excluding carboxylic acids is 2. The molecule has 0 aliphatic carbocycles. The minimum Gasteiger partial charge on any atom is -0.358 e. The molecule has 164 valence electrons. The van der Waals surface area contributed by atoms with Gasteiger partial charge >= 0.3 is 0 Å². The lowest BCUT2D eigenvalue weighted by atomic mass is 10.1. The smallest absolute Gasteiger partial charge is 0.233 e. The Morgan fingerprint density at radius 2 is 1.97 bits per heavy atom. The van der Waals surface area contributed by atoms with Crippen molar-refractivity contribution in [2.24, 2.45) is 4.99 Å². The molecule has 3 rings (SSSR count). The van der Waals surface area contributed by atoms with Crippen molar-refractivity contribution in [1.29, 1.82) is 0 Å². The van der Waals surface area contributed by atoms with Crippen molar-refractivity contribution in [3.63, 3.8) is 0 Å². The van der Waals surface area contributed by atoms with Crippen molar-refractivity contribution in [1.82, 2.24) is 25.8 Å². The Bertz CT molecular complexity index is 758. The highest BCUT2D eigenvalue weighted by atomic mass is 16.2. The van der Waals surface area contributed by atoms with Gasteiger partial charge < -0.3 is 20.9 Å². The number of hydrogen-bond acceptors (Lipinski definition) is 4. The Labute approximate surface area is 179 Å². The van der Waals surface area contributed by atoms with Crippen LogP contribution in [-0.4, -0.2) is 73.9 Å². The molecule has 2 heterocycles. The Kier molecular flexibility index (Phi) is 8.07. The molecule has 0 bridgehead atoms. The van der Waals surface area contributed by atoms with E-state index in [9.17, 15) is 9.59 Å². The number of benzene rings is 1. The largest absolute Gasteiger partial charge is 0.358 e. The molecule has 3 N–H and O–H groups in total. The van der Waals surface area contributed by atoms with Crippen LogP contribution in [0.5, 0.6) is 0 Å². The van der Waals surface area contributed by atoms with Crippen LogP contribution in [0, 0.1) is 0 Å². The molecule has 1 aromatic carbocycles. The SMILES string of the molecule is CN=C(NCc1cccc(CN2CCCC2=O)c1)NC1CCN(CC(=O)NC)CC1. The maximum absolute atomic E-state index is 11.9. The standard InChI is InChI=1S/C22H34N6O2/c1-23-20(29)16-27-11-8-19(9-12-27)26-22(24-2)25-14-17-5-3-6-18(13-17)15-28-10-4-7-21(28)30/h3,5-6,13,19H,4,7-12,14-16H2,1-2H3,(H,23,29)(H2,24,25,26). The number of piperidine rings is 1. The van der Waals surface area contributed by atoms with Gasteiger partial charge in [0.15, 0.2) is 5.96 Å². The fourth-order valence-corrected chi connectivity index (χ4v) is 4.02. The average molecular weight is 415 g/mol. The summed E-state index contributed by atoms with van der Waals surface area (Å²) in [6.45, 7) is 4.50. The first-order valence-electron chi connectivity index (χ1n) is 10.8. The molecule has 0 saturated carbocycles. The zero-order valence-electron chi connectivity index (χ0n) is 18.1. The van der Waals surface area contributed by atoms with Crippen molar-refractivity contribution >= 4 is 17.8 Å². The Morgan fingerprint density at radius 3 is 2.63 bits per heavy atom. The predicted molar refractivity (Wildman–Crippen MR) is 118 cm³/mol. The van der Waals surface area contributed by atoms with Crippen LogP contribution in [0.4, 0.5) is 0 Å². The minimum atomic E-state index is 0.0650. The van der Waals surface area contributed by atoms with Gasteiger partial charge in [-0.1, -0.05) is 24.3 Å². The molecule has 0 radical (unpaired) electrons. The summed E-state index contributed by atoms with van der Waals surface area (Å²) in [5, 5.41) is 9.58. The third kappa shape index (κ3) is 6.45. The van der Waals surface area contributed by atoms with E-state index in [0.717, 1.165) is 50.4 Å². The van der Waals surface area contributed by atoms with E-state index in [-0.39, 0.29) is 11.8 Å². The van der Waals surface area contributed by atoms with Gasteiger partial charge in [-0.15, -0.1) is 0 Å². The highest BCUT2D eigenvalue weighted by Gasteiger charge is 2.22. The van der Waals surface area contributed by atoms with Crippen LogP contribution >= 0.6 is 0 Å². The van der Waals surface area contributed by atoms with Crippen molar-refractivity contribution in [3.05, 3.63) is 35.4 Å². The third-order valence-corrected chi connectivity index (χ3v) is 5.79. The van der Waals surface area contributed by atoms with Crippen LogP contribution in [0.15, 0.2) is 29.3 Å². The molecule has 0 atom stereocenters. The number of likely N-dealkylation sites (tertiary alicyclic amines) is 2. The van der Waals surface area contributed by atoms with E-state index < -0.39 is 0 Å². The molecule has 30 heavy (non-hydrogen) atoms. The molecule has 0 unspecified atom stereocenters. The Balaban J connectivity index is 1.44. The van der Waals surface area contributed by atoms with Gasteiger partial charge in [0.1, 0.15) is 0 Å². The second-order valence-corrected chi connectivity index (χ2v) is 8.03. The molecular weight excluding hydrogens is 380 g/mol. The highest BCUT2D eigenvalue weighted by Crippen LogP contribution is 2.15. The van der Waals surface area contributed by atoms with E-state index in [1.807, 2.05) is 11.0 Å². The number of aliphatic imine (C=N–C) groups is 1. The molecule has 8 heteroatoms. The lowest BCUT2D eigenvalue weighted by Gasteiger charge is -2.32. The van der Waals surface area contributed by atoms with Gasteiger partial charge in [0.25, 0.3) is 0 Å². The summed E-state index contributed by atoms with van der Waals surface area (Å²) in [5.74, 6) is 1.11. The molecule has 8 nitrogen and oxygen atoms in total. The van der Waals surface area contributed by atoms with Crippen LogP contribution in [-0.2, 0) is 22.7 Å². The van der Waals surface area contributed by atoms with Crippen LogP contribution in [0.1, 0.15) is 36.8 Å². The molecule has 0 spiro atoms. The molecule has 1 aromatic rings. The number of nitrogens with zero attached hydrogens (tertiary/aromatic N) is 3. The maximum Gasteiger partial charge on any atom is 0.233 e. The summed E-state index contributed by atoms with van der Waals surface area (Å²) in [6.07, 6.45) is 3.61. The Hall–Kier alpha value is -2.61. The van der Waals surface area contributed by atoms with E-state index in [4.69, 9.17) is 0 Å². The zero-order valence-corrected chi connectivity index (χ0v) is 18.1. The number of rotatable bonds is 7. The van der Waals surface area contributed by atoms with E-state index in [2.05, 4.69) is 44.0 Å². The number of nitrogens with one attached hydrogen (secondary N) is 3. The van der Waals surface area contributed by atoms with E-state index >= 15 is 0 Å². The monoisotopic (exact) mass is 414 g/mol. The molecule has 2 aliphatic rings. The molecule has 2 aliphatic heterocycles. The summed E-state index contributed by atoms with van der Waals surface area (Å²) >= 11 is 0. The average Bonchev–Trinajstić information content (AvgIpc) is 3.16. The van der Waals surface area contributed by atoms with Gasteiger partial charge in [-0.3, -0.25) is 19.5 Å². The van der Waals surface area contributed by atoms with Crippen molar-refractivity contribution in [2.45, 2.75) is 44.8 Å². The van der Waals surface area contributed by atoms with Gasteiger partial charge in [-0.25, -0.2) is 0 Å². The van der Waals surface area contributed by atoms with Gasteiger partial charge in [-0.05, 0) is 30.4 Å². The fourth-order valence-electron chi connectivity index (χ4n) is 4.02. The second-order valence-electron chi connectivity index (χ2n) is 8.03. The topological polar surface area (TPSA) is 89.1 Å². The molecule has 2 amide bonds. The highest BCUT2D eigenvalue weighted by molar-refractivity contribution is 5.80. The van der Waals surface area contributed by atoms with Gasteiger partial charge in [-0.2, -0.15) is 0 Å². The van der Waals surface area contributed by atoms with E-state index in [1.54, 1.807) is 14.1 Å². The Morgan fingerprint density at radius 1 is 1.20 bits per heavy atom. The first-order chi connectivity index (χ1) is 14.6. The number of hydrogen-bond donors (Lipinski definition) is 3. The lowest BCUT2D eigenvalue weighted by molar-refractivity contribution is -0.128. The molecular formula is C22H34N6O2. The number of guanidine groups is 1. The molecule has 0 aromatic heterocycles. The van der Waals surface area contributed by atoms with Crippen LogP contribution in [0.2, 0.25) is 0 Å². The first-order valence-corrected chi connectivity index (χ1v) is 10.8. The molecule has 2 fully saturated rings. The predicted octanol–water partition coefficient (Wildman–Crippen LogP) is 0.684. The second kappa shape index (κ2) is 11.0. The van der Waals surface area contributed by atoms with Crippen molar-refractivity contribution < 1.29 is 9.59 Å². The van der Waals surface area contributed by atoms with Crippen LogP contribution in [0.3, 0.4) is 0 Å². The quantitative estimate of drug-likeness (QED) is 0.451. The summed E-state index contributed by atoms with van der Waals surface area (Å²) in [5.41, 5.74) is 2.33. The normalized spacial score (nSPS) is 18.5. The number of amides is 2. The van der Waals surface area contributed by atoms with Crippen LogP contribution in [0.25, 0.3) is 0 Å². The zero-order chi connectivity index (χ0) is 21.3. The van der Waals surface area contributed by atoms with Gasteiger partial charge in [0, 0.05) is 59.3 Å². The summed E-state index contributed by atoms with van der Waals surface area (Å²) in [4.78, 5) is 31.9. The van der Waals surface area contributed by atoms with Crippen molar-refractivity contribution in [2.75, 3.05) is 40.3 Å². The van der Waals surface area contributed by atoms with Crippen LogP contribution < -0.4 is 16.0 Å². The van der Waals surface area contributed by atoms with Gasteiger partial charge in [0.2, 0.25) is 11.8 Å².